The SMILES string of the molecule is CN(C)c1nc(NCc2ccccc2)nc(C2=NSC3C(C(N)=O)=CC=CC23)n1. The number of aromatic nitrogens is 3. The van der Waals surface area contributed by atoms with Gasteiger partial charge in [-0.25, -0.2) is 4.40 Å². The third kappa shape index (κ3) is 4.00. The Morgan fingerprint density at radius 2 is 2.00 bits per heavy atom. The van der Waals surface area contributed by atoms with Gasteiger partial charge in [0, 0.05) is 32.1 Å². The Balaban J connectivity index is 1.62. The second kappa shape index (κ2) is 8.04. The highest BCUT2D eigenvalue weighted by Gasteiger charge is 2.39. The molecule has 0 saturated heterocycles. The van der Waals surface area contributed by atoms with Crippen molar-refractivity contribution in [2.24, 2.45) is 16.0 Å². The predicted molar refractivity (Wildman–Crippen MR) is 116 cm³/mol. The van der Waals surface area contributed by atoms with Gasteiger partial charge in [0.25, 0.3) is 0 Å². The van der Waals surface area contributed by atoms with Crippen molar-refractivity contribution in [1.82, 2.24) is 15.0 Å². The molecule has 1 aromatic carbocycles. The molecular formula is C20H21N7OS. The maximum Gasteiger partial charge on any atom is 0.245 e. The first kappa shape index (κ1) is 19.1. The number of rotatable bonds is 6. The quantitative estimate of drug-likeness (QED) is 0.705. The molecule has 0 saturated carbocycles. The molecule has 4 rings (SSSR count). The first-order chi connectivity index (χ1) is 14.0. The van der Waals surface area contributed by atoms with Crippen LogP contribution in [0.3, 0.4) is 0 Å². The lowest BCUT2D eigenvalue weighted by Crippen LogP contribution is -2.31. The summed E-state index contributed by atoms with van der Waals surface area (Å²) >= 11 is 1.33. The van der Waals surface area contributed by atoms with E-state index in [0.29, 0.717) is 29.8 Å². The number of benzene rings is 1. The summed E-state index contributed by atoms with van der Waals surface area (Å²) in [5.74, 6) is 0.973. The summed E-state index contributed by atoms with van der Waals surface area (Å²) in [6, 6.07) is 10.0. The molecule has 148 valence electrons. The molecule has 0 fully saturated rings. The zero-order valence-corrected chi connectivity index (χ0v) is 16.9. The molecule has 1 aliphatic heterocycles. The van der Waals surface area contributed by atoms with Gasteiger partial charge in [-0.3, -0.25) is 4.79 Å². The third-order valence-electron chi connectivity index (χ3n) is 4.64. The molecule has 1 aromatic heterocycles. The van der Waals surface area contributed by atoms with Gasteiger partial charge in [-0.15, -0.1) is 0 Å². The van der Waals surface area contributed by atoms with Gasteiger partial charge in [-0.05, 0) is 17.5 Å². The molecule has 2 atom stereocenters. The highest BCUT2D eigenvalue weighted by Crippen LogP contribution is 2.39. The van der Waals surface area contributed by atoms with Crippen LogP contribution in [0.5, 0.6) is 0 Å². The topological polar surface area (TPSA) is 109 Å². The van der Waals surface area contributed by atoms with Gasteiger partial charge in [0.15, 0.2) is 5.82 Å². The van der Waals surface area contributed by atoms with Gasteiger partial charge in [0.1, 0.15) is 5.71 Å². The highest BCUT2D eigenvalue weighted by molar-refractivity contribution is 7.99. The van der Waals surface area contributed by atoms with Crippen molar-refractivity contribution in [3.63, 3.8) is 0 Å². The van der Waals surface area contributed by atoms with E-state index in [0.717, 1.165) is 11.3 Å². The number of nitrogens with one attached hydrogen (secondary N) is 1. The van der Waals surface area contributed by atoms with E-state index < -0.39 is 5.91 Å². The summed E-state index contributed by atoms with van der Waals surface area (Å²) in [6.07, 6.45) is 5.60. The Morgan fingerprint density at radius 3 is 2.72 bits per heavy atom. The van der Waals surface area contributed by atoms with Crippen LogP contribution in [-0.2, 0) is 11.3 Å². The van der Waals surface area contributed by atoms with E-state index in [1.807, 2.05) is 61.5 Å². The molecule has 0 bridgehead atoms. The standard InChI is InChI=1S/C20H21N7OS/c1-27(2)20-24-18(23-19(25-20)22-11-12-7-4-3-5-8-12)15-13-9-6-10-14(17(21)28)16(13)29-26-15/h3-10,13,16H,11H2,1-2H3,(H2,21,28)(H,22,23,24,25). The minimum Gasteiger partial charge on any atom is -0.366 e. The fourth-order valence-electron chi connectivity index (χ4n) is 3.15. The maximum atomic E-state index is 11.8. The molecule has 0 radical (unpaired) electrons. The minimum atomic E-state index is -0.428. The number of amides is 1. The average molecular weight is 408 g/mol. The Morgan fingerprint density at radius 1 is 1.21 bits per heavy atom. The van der Waals surface area contributed by atoms with Crippen molar-refractivity contribution in [3.8, 4) is 0 Å². The Hall–Kier alpha value is -3.20. The lowest BCUT2D eigenvalue weighted by Gasteiger charge is -2.21. The Kier molecular flexibility index (Phi) is 5.30. The van der Waals surface area contributed by atoms with Crippen LogP contribution in [0.4, 0.5) is 11.9 Å². The number of hydrogen-bond donors (Lipinski definition) is 2. The monoisotopic (exact) mass is 407 g/mol. The van der Waals surface area contributed by atoms with Gasteiger partial charge in [0.05, 0.1) is 5.25 Å². The highest BCUT2D eigenvalue weighted by atomic mass is 32.2. The lowest BCUT2D eigenvalue weighted by molar-refractivity contribution is -0.114. The number of carbonyl (C=O) groups is 1. The summed E-state index contributed by atoms with van der Waals surface area (Å²) in [5.41, 5.74) is 7.93. The van der Waals surface area contributed by atoms with Crippen molar-refractivity contribution in [3.05, 3.63) is 65.5 Å². The number of nitrogens with zero attached hydrogens (tertiary/aromatic N) is 5. The van der Waals surface area contributed by atoms with E-state index in [4.69, 9.17) is 5.73 Å². The van der Waals surface area contributed by atoms with Crippen molar-refractivity contribution in [2.75, 3.05) is 24.3 Å². The summed E-state index contributed by atoms with van der Waals surface area (Å²) in [7, 11) is 3.76. The van der Waals surface area contributed by atoms with Crippen LogP contribution in [0, 0.1) is 5.92 Å². The van der Waals surface area contributed by atoms with Gasteiger partial charge >= 0.3 is 0 Å². The number of carbonyl (C=O) groups excluding carboxylic acids is 1. The number of fused-ring (bicyclic) bond motifs is 1. The van der Waals surface area contributed by atoms with Gasteiger partial charge in [0.2, 0.25) is 17.8 Å². The first-order valence-corrected chi connectivity index (χ1v) is 10.00. The molecule has 1 aliphatic carbocycles. The fraction of sp³-hybridized carbons (Fsp3) is 0.250. The van der Waals surface area contributed by atoms with Gasteiger partial charge in [-0.1, -0.05) is 48.6 Å². The molecule has 2 aliphatic rings. The van der Waals surface area contributed by atoms with Crippen LogP contribution in [0.25, 0.3) is 0 Å². The predicted octanol–water partition coefficient (Wildman–Crippen LogP) is 1.97. The number of hydrogen-bond acceptors (Lipinski definition) is 8. The lowest BCUT2D eigenvalue weighted by atomic mass is 9.89. The van der Waals surface area contributed by atoms with Gasteiger partial charge in [-0.2, -0.15) is 15.0 Å². The zero-order valence-electron chi connectivity index (χ0n) is 16.1. The molecule has 2 unspecified atom stereocenters. The molecule has 9 heteroatoms. The smallest absolute Gasteiger partial charge is 0.245 e. The number of nitrogens with two attached hydrogens (primary N) is 1. The van der Waals surface area contributed by atoms with Crippen molar-refractivity contribution in [2.45, 2.75) is 11.8 Å². The number of anilines is 2. The van der Waals surface area contributed by atoms with Crippen LogP contribution in [-0.4, -0.2) is 45.9 Å². The summed E-state index contributed by atoms with van der Waals surface area (Å²) in [4.78, 5) is 27.3. The summed E-state index contributed by atoms with van der Waals surface area (Å²) in [6.45, 7) is 0.596. The molecule has 3 N–H and O–H groups in total. The molecular weight excluding hydrogens is 386 g/mol. The molecule has 8 nitrogen and oxygen atoms in total. The Bertz CT molecular complexity index is 1020. The second-order valence-electron chi connectivity index (χ2n) is 6.92. The summed E-state index contributed by atoms with van der Waals surface area (Å²) < 4.78 is 4.58. The largest absolute Gasteiger partial charge is 0.366 e. The van der Waals surface area contributed by atoms with E-state index in [-0.39, 0.29) is 11.2 Å². The Labute approximate surface area is 173 Å². The van der Waals surface area contributed by atoms with Crippen LogP contribution >= 0.6 is 11.9 Å². The van der Waals surface area contributed by atoms with E-state index >= 15 is 0 Å². The molecule has 2 aromatic rings. The van der Waals surface area contributed by atoms with Gasteiger partial charge < -0.3 is 16.0 Å². The fourth-order valence-corrected chi connectivity index (χ4v) is 4.24. The molecule has 2 heterocycles. The number of allylic oxidation sites excluding steroid dienone is 3. The van der Waals surface area contributed by atoms with Crippen molar-refractivity contribution in [1.29, 1.82) is 0 Å². The van der Waals surface area contributed by atoms with Crippen molar-refractivity contribution >= 4 is 35.5 Å². The molecule has 29 heavy (non-hydrogen) atoms. The second-order valence-corrected chi connectivity index (χ2v) is 7.82. The average Bonchev–Trinajstić information content (AvgIpc) is 3.17. The van der Waals surface area contributed by atoms with Crippen LogP contribution in [0.2, 0.25) is 0 Å². The van der Waals surface area contributed by atoms with Crippen LogP contribution in [0.15, 0.2) is 58.5 Å². The molecule has 0 spiro atoms. The van der Waals surface area contributed by atoms with E-state index in [1.54, 1.807) is 6.08 Å². The first-order valence-electron chi connectivity index (χ1n) is 9.16. The molecule has 1 amide bonds. The third-order valence-corrected chi connectivity index (χ3v) is 5.71. The minimum absolute atomic E-state index is 0.105. The number of primary amides is 1. The van der Waals surface area contributed by atoms with Crippen LogP contribution in [0.1, 0.15) is 11.4 Å². The zero-order chi connectivity index (χ0) is 20.4. The van der Waals surface area contributed by atoms with E-state index in [9.17, 15) is 4.79 Å². The van der Waals surface area contributed by atoms with Crippen molar-refractivity contribution < 1.29 is 4.79 Å². The summed E-state index contributed by atoms with van der Waals surface area (Å²) in [5, 5.41) is 3.12. The normalized spacial score (nSPS) is 19.9. The van der Waals surface area contributed by atoms with E-state index in [2.05, 4.69) is 24.7 Å². The maximum absolute atomic E-state index is 11.8. The van der Waals surface area contributed by atoms with Crippen LogP contribution < -0.4 is 16.0 Å². The van der Waals surface area contributed by atoms with E-state index in [1.165, 1.54) is 11.9 Å².